The van der Waals surface area contributed by atoms with E-state index in [4.69, 9.17) is 4.43 Å². The molecule has 0 saturated heterocycles. The van der Waals surface area contributed by atoms with E-state index in [2.05, 4.69) is 25.0 Å². The first-order valence-electron chi connectivity index (χ1n) is 6.14. The molecule has 0 aliphatic carbocycles. The summed E-state index contributed by atoms with van der Waals surface area (Å²) in [6.07, 6.45) is 0. The van der Waals surface area contributed by atoms with Gasteiger partial charge in [-0.2, -0.15) is 0 Å². The largest absolute Gasteiger partial charge is 0.544 e. The van der Waals surface area contributed by atoms with Crippen molar-refractivity contribution in [1.29, 1.82) is 0 Å². The van der Waals surface area contributed by atoms with Crippen molar-refractivity contribution in [2.45, 2.75) is 19.6 Å². The van der Waals surface area contributed by atoms with Crippen LogP contribution in [-0.2, 0) is 0 Å². The Morgan fingerprint density at radius 2 is 1.33 bits per heavy atom. The third-order valence-corrected chi connectivity index (χ3v) is 3.19. The maximum absolute atomic E-state index is 5.92. The molecule has 2 aromatic carbocycles. The van der Waals surface area contributed by atoms with Gasteiger partial charge in [-0.1, -0.05) is 18.2 Å². The monoisotopic (exact) mass is 257 g/mol. The van der Waals surface area contributed by atoms with E-state index < -0.39 is 8.32 Å². The molecule has 0 unspecified atom stereocenters. The van der Waals surface area contributed by atoms with Crippen LogP contribution in [0.1, 0.15) is 0 Å². The number of para-hydroxylation sites is 1. The molecular formula is C15H19NOSi. The Labute approximate surface area is 110 Å². The first-order valence-corrected chi connectivity index (χ1v) is 9.55. The second kappa shape index (κ2) is 5.27. The fourth-order valence-corrected chi connectivity index (χ4v) is 2.49. The van der Waals surface area contributed by atoms with Gasteiger partial charge in [0.1, 0.15) is 5.75 Å². The zero-order valence-electron chi connectivity index (χ0n) is 11.1. The summed E-state index contributed by atoms with van der Waals surface area (Å²) in [5, 5.41) is 3.35. The third kappa shape index (κ3) is 3.93. The Morgan fingerprint density at radius 1 is 0.778 bits per heavy atom. The average molecular weight is 257 g/mol. The Morgan fingerprint density at radius 3 is 1.89 bits per heavy atom. The van der Waals surface area contributed by atoms with Crippen LogP contribution < -0.4 is 9.74 Å². The standard InChI is InChI=1S/C15H19NOSi/c1-18(2,3)17-15-11-9-14(10-12-15)16-13-7-5-4-6-8-13/h4-12,16H,1-3H3. The smallest absolute Gasteiger partial charge is 0.242 e. The molecule has 3 heteroatoms. The first kappa shape index (κ1) is 12.7. The normalized spacial score (nSPS) is 11.1. The summed E-state index contributed by atoms with van der Waals surface area (Å²) in [6, 6.07) is 18.3. The van der Waals surface area contributed by atoms with Gasteiger partial charge in [0, 0.05) is 11.4 Å². The zero-order valence-corrected chi connectivity index (χ0v) is 12.1. The van der Waals surface area contributed by atoms with Gasteiger partial charge in [0.25, 0.3) is 0 Å². The van der Waals surface area contributed by atoms with Gasteiger partial charge in [-0.25, -0.2) is 0 Å². The highest BCUT2D eigenvalue weighted by atomic mass is 28.4. The molecule has 2 nitrogen and oxygen atoms in total. The fraction of sp³-hybridized carbons (Fsp3) is 0.200. The summed E-state index contributed by atoms with van der Waals surface area (Å²) < 4.78 is 5.92. The number of benzene rings is 2. The lowest BCUT2D eigenvalue weighted by Gasteiger charge is -2.19. The van der Waals surface area contributed by atoms with Crippen molar-refractivity contribution in [3.63, 3.8) is 0 Å². The van der Waals surface area contributed by atoms with Crippen molar-refractivity contribution in [2.24, 2.45) is 0 Å². The van der Waals surface area contributed by atoms with Crippen LogP contribution in [0.4, 0.5) is 11.4 Å². The molecule has 2 aromatic rings. The Kier molecular flexibility index (Phi) is 3.72. The molecule has 18 heavy (non-hydrogen) atoms. The summed E-state index contributed by atoms with van der Waals surface area (Å²) in [4.78, 5) is 0. The Bertz CT molecular complexity index is 488. The van der Waals surface area contributed by atoms with E-state index in [0.717, 1.165) is 17.1 Å². The molecule has 1 N–H and O–H groups in total. The summed E-state index contributed by atoms with van der Waals surface area (Å²) in [5.74, 6) is 0.952. The van der Waals surface area contributed by atoms with Crippen LogP contribution in [0, 0.1) is 0 Å². The van der Waals surface area contributed by atoms with Crippen LogP contribution in [0.15, 0.2) is 54.6 Å². The van der Waals surface area contributed by atoms with E-state index in [1.165, 1.54) is 0 Å². The lowest BCUT2D eigenvalue weighted by Crippen LogP contribution is -2.29. The summed E-state index contributed by atoms with van der Waals surface area (Å²) in [7, 11) is -1.51. The second-order valence-corrected chi connectivity index (χ2v) is 9.66. The quantitative estimate of drug-likeness (QED) is 0.805. The number of hydrogen-bond donors (Lipinski definition) is 1. The zero-order chi connectivity index (χ0) is 13.0. The van der Waals surface area contributed by atoms with Gasteiger partial charge in [0.2, 0.25) is 8.32 Å². The van der Waals surface area contributed by atoms with Crippen molar-refractivity contribution in [1.82, 2.24) is 0 Å². The molecule has 0 atom stereocenters. The van der Waals surface area contributed by atoms with Crippen molar-refractivity contribution in [3.05, 3.63) is 54.6 Å². The van der Waals surface area contributed by atoms with E-state index in [-0.39, 0.29) is 0 Å². The van der Waals surface area contributed by atoms with E-state index in [0.29, 0.717) is 0 Å². The second-order valence-electron chi connectivity index (χ2n) is 5.23. The lowest BCUT2D eigenvalue weighted by molar-refractivity contribution is 0.558. The molecule has 0 fully saturated rings. The van der Waals surface area contributed by atoms with Crippen molar-refractivity contribution < 1.29 is 4.43 Å². The summed E-state index contributed by atoms with van der Waals surface area (Å²) in [6.45, 7) is 6.55. The molecule has 0 saturated carbocycles. The average Bonchev–Trinajstić information content (AvgIpc) is 2.31. The van der Waals surface area contributed by atoms with Gasteiger partial charge in [-0.3, -0.25) is 0 Å². The van der Waals surface area contributed by atoms with E-state index in [9.17, 15) is 0 Å². The summed E-state index contributed by atoms with van der Waals surface area (Å²) in [5.41, 5.74) is 2.17. The molecule has 0 amide bonds. The highest BCUT2D eigenvalue weighted by Gasteiger charge is 2.15. The first-order chi connectivity index (χ1) is 8.53. The molecule has 0 bridgehead atoms. The maximum Gasteiger partial charge on any atom is 0.242 e. The minimum Gasteiger partial charge on any atom is -0.544 e. The highest BCUT2D eigenvalue weighted by molar-refractivity contribution is 6.70. The molecular weight excluding hydrogens is 238 g/mol. The predicted octanol–water partition coefficient (Wildman–Crippen LogP) is 4.64. The molecule has 0 spiro atoms. The minimum atomic E-state index is -1.51. The lowest BCUT2D eigenvalue weighted by atomic mass is 10.2. The number of rotatable bonds is 4. The fourth-order valence-electron chi connectivity index (χ4n) is 1.65. The van der Waals surface area contributed by atoms with Crippen LogP contribution in [-0.4, -0.2) is 8.32 Å². The molecule has 0 aliphatic rings. The van der Waals surface area contributed by atoms with Gasteiger partial charge in [-0.15, -0.1) is 0 Å². The third-order valence-electron chi connectivity index (χ3n) is 2.34. The molecule has 0 heterocycles. The van der Waals surface area contributed by atoms with Gasteiger partial charge < -0.3 is 9.74 Å². The molecule has 2 rings (SSSR count). The van der Waals surface area contributed by atoms with Crippen LogP contribution in [0.2, 0.25) is 19.6 Å². The van der Waals surface area contributed by atoms with E-state index in [1.807, 2.05) is 54.6 Å². The molecule has 0 aliphatic heterocycles. The van der Waals surface area contributed by atoms with Crippen molar-refractivity contribution in [3.8, 4) is 5.75 Å². The maximum atomic E-state index is 5.92. The van der Waals surface area contributed by atoms with Crippen LogP contribution in [0.25, 0.3) is 0 Å². The van der Waals surface area contributed by atoms with Crippen LogP contribution in [0.5, 0.6) is 5.75 Å². The number of anilines is 2. The summed E-state index contributed by atoms with van der Waals surface area (Å²) >= 11 is 0. The van der Waals surface area contributed by atoms with E-state index in [1.54, 1.807) is 0 Å². The van der Waals surface area contributed by atoms with Crippen LogP contribution >= 0.6 is 0 Å². The van der Waals surface area contributed by atoms with Crippen molar-refractivity contribution >= 4 is 19.7 Å². The van der Waals surface area contributed by atoms with Crippen molar-refractivity contribution in [2.75, 3.05) is 5.32 Å². The van der Waals surface area contributed by atoms with Gasteiger partial charge in [0.05, 0.1) is 0 Å². The van der Waals surface area contributed by atoms with Crippen LogP contribution in [0.3, 0.4) is 0 Å². The Hall–Kier alpha value is -1.74. The topological polar surface area (TPSA) is 21.3 Å². The van der Waals surface area contributed by atoms with Gasteiger partial charge >= 0.3 is 0 Å². The number of hydrogen-bond acceptors (Lipinski definition) is 2. The highest BCUT2D eigenvalue weighted by Crippen LogP contribution is 2.21. The molecule has 94 valence electrons. The minimum absolute atomic E-state index is 0.952. The number of nitrogens with one attached hydrogen (secondary N) is 1. The van der Waals surface area contributed by atoms with Gasteiger partial charge in [-0.05, 0) is 56.0 Å². The molecule has 0 radical (unpaired) electrons. The van der Waals surface area contributed by atoms with E-state index >= 15 is 0 Å². The molecule has 0 aromatic heterocycles. The van der Waals surface area contributed by atoms with Gasteiger partial charge in [0.15, 0.2) is 0 Å². The Balaban J connectivity index is 2.04. The predicted molar refractivity (Wildman–Crippen MR) is 80.1 cm³/mol. The SMILES string of the molecule is C[Si](C)(C)Oc1ccc(Nc2ccccc2)cc1.